The second-order valence-corrected chi connectivity index (χ2v) is 5.67. The molecule has 0 atom stereocenters. The molecule has 1 aromatic heterocycles. The number of nitrogens with zero attached hydrogens (tertiary/aromatic N) is 2. The minimum absolute atomic E-state index is 0.0142. The average Bonchev–Trinajstić information content (AvgIpc) is 2.81. The SMILES string of the molecule is O=C(CSC1CCNCC1)Nc1nncs1. The first-order valence-corrected chi connectivity index (χ1v) is 7.16. The number of hydrogen-bond donors (Lipinski definition) is 2. The molecular formula is C9H14N4OS2. The van der Waals surface area contributed by atoms with Gasteiger partial charge in [-0.1, -0.05) is 11.3 Å². The van der Waals surface area contributed by atoms with Crippen LogP contribution in [0.2, 0.25) is 0 Å². The van der Waals surface area contributed by atoms with Gasteiger partial charge in [0.2, 0.25) is 11.0 Å². The Labute approximate surface area is 102 Å². The largest absolute Gasteiger partial charge is 0.317 e. The van der Waals surface area contributed by atoms with E-state index in [4.69, 9.17) is 0 Å². The van der Waals surface area contributed by atoms with Crippen molar-refractivity contribution in [3.63, 3.8) is 0 Å². The number of nitrogens with one attached hydrogen (secondary N) is 2. The van der Waals surface area contributed by atoms with Crippen molar-refractivity contribution in [2.24, 2.45) is 0 Å². The zero-order valence-electron chi connectivity index (χ0n) is 8.81. The number of piperidine rings is 1. The van der Waals surface area contributed by atoms with Gasteiger partial charge in [0.1, 0.15) is 5.51 Å². The molecule has 1 saturated heterocycles. The van der Waals surface area contributed by atoms with Gasteiger partial charge in [-0.25, -0.2) is 0 Å². The second-order valence-electron chi connectivity index (χ2n) is 3.55. The molecule has 0 unspecified atom stereocenters. The van der Waals surface area contributed by atoms with Gasteiger partial charge in [-0.15, -0.1) is 22.0 Å². The standard InChI is InChI=1S/C9H14N4OS2/c14-8(12-9-13-11-6-16-9)5-15-7-1-3-10-4-2-7/h6-7,10H,1-5H2,(H,12,13,14). The van der Waals surface area contributed by atoms with Gasteiger partial charge in [0.15, 0.2) is 0 Å². The molecule has 0 saturated carbocycles. The van der Waals surface area contributed by atoms with E-state index in [0.29, 0.717) is 16.1 Å². The van der Waals surface area contributed by atoms with Crippen LogP contribution in [-0.2, 0) is 4.79 Å². The number of aromatic nitrogens is 2. The summed E-state index contributed by atoms with van der Waals surface area (Å²) in [5.74, 6) is 0.518. The quantitative estimate of drug-likeness (QED) is 0.842. The molecule has 88 valence electrons. The lowest BCUT2D eigenvalue weighted by atomic mass is 10.2. The summed E-state index contributed by atoms with van der Waals surface area (Å²) in [4.78, 5) is 11.5. The Hall–Kier alpha value is -0.660. The average molecular weight is 258 g/mol. The van der Waals surface area contributed by atoms with Crippen LogP contribution in [-0.4, -0.2) is 40.2 Å². The van der Waals surface area contributed by atoms with Crippen molar-refractivity contribution in [2.45, 2.75) is 18.1 Å². The van der Waals surface area contributed by atoms with E-state index in [1.807, 2.05) is 0 Å². The molecule has 1 aliphatic rings. The van der Waals surface area contributed by atoms with Crippen LogP contribution < -0.4 is 10.6 Å². The smallest absolute Gasteiger partial charge is 0.236 e. The Kier molecular flexibility index (Phi) is 4.55. The third-order valence-corrected chi connectivity index (χ3v) is 4.32. The van der Waals surface area contributed by atoms with E-state index in [1.165, 1.54) is 11.3 Å². The van der Waals surface area contributed by atoms with E-state index >= 15 is 0 Å². The van der Waals surface area contributed by atoms with Crippen molar-refractivity contribution in [1.29, 1.82) is 0 Å². The molecule has 2 rings (SSSR count). The summed E-state index contributed by atoms with van der Waals surface area (Å²) in [5, 5.41) is 14.7. The maximum atomic E-state index is 11.5. The van der Waals surface area contributed by atoms with E-state index in [-0.39, 0.29) is 5.91 Å². The van der Waals surface area contributed by atoms with E-state index in [2.05, 4.69) is 20.8 Å². The van der Waals surface area contributed by atoms with Crippen LogP contribution >= 0.6 is 23.1 Å². The lowest BCUT2D eigenvalue weighted by molar-refractivity contribution is -0.113. The van der Waals surface area contributed by atoms with Gasteiger partial charge < -0.3 is 5.32 Å². The number of amides is 1. The fraction of sp³-hybridized carbons (Fsp3) is 0.667. The summed E-state index contributed by atoms with van der Waals surface area (Å²) in [6, 6.07) is 0. The number of thioether (sulfide) groups is 1. The van der Waals surface area contributed by atoms with Crippen LogP contribution in [0.4, 0.5) is 5.13 Å². The number of carbonyl (C=O) groups excluding carboxylic acids is 1. The lowest BCUT2D eigenvalue weighted by Crippen LogP contribution is -2.30. The van der Waals surface area contributed by atoms with Gasteiger partial charge in [-0.05, 0) is 25.9 Å². The molecular weight excluding hydrogens is 244 g/mol. The maximum absolute atomic E-state index is 11.5. The molecule has 1 fully saturated rings. The number of hydrogen-bond acceptors (Lipinski definition) is 6. The van der Waals surface area contributed by atoms with Gasteiger partial charge in [0.25, 0.3) is 0 Å². The van der Waals surface area contributed by atoms with Crippen LogP contribution in [0.1, 0.15) is 12.8 Å². The first-order chi connectivity index (χ1) is 7.84. The third kappa shape index (κ3) is 3.73. The zero-order chi connectivity index (χ0) is 11.2. The molecule has 0 spiro atoms. The predicted octanol–water partition coefficient (Wildman–Crippen LogP) is 0.962. The minimum Gasteiger partial charge on any atom is -0.317 e. The molecule has 0 aromatic carbocycles. The van der Waals surface area contributed by atoms with Gasteiger partial charge in [-0.3, -0.25) is 10.1 Å². The first kappa shape index (κ1) is 11.8. The van der Waals surface area contributed by atoms with Crippen LogP contribution in [0.15, 0.2) is 5.51 Å². The van der Waals surface area contributed by atoms with Crippen LogP contribution in [0, 0.1) is 0 Å². The Bertz CT molecular complexity index is 324. The highest BCUT2D eigenvalue weighted by atomic mass is 32.2. The molecule has 1 aromatic rings. The Balaban J connectivity index is 1.67. The molecule has 0 bridgehead atoms. The Morgan fingerprint density at radius 3 is 3.12 bits per heavy atom. The second kappa shape index (κ2) is 6.17. The van der Waals surface area contributed by atoms with Crippen molar-refractivity contribution < 1.29 is 4.79 Å². The van der Waals surface area contributed by atoms with E-state index in [9.17, 15) is 4.79 Å². The Morgan fingerprint density at radius 2 is 2.44 bits per heavy atom. The fourth-order valence-corrected chi connectivity index (χ4v) is 3.03. The highest BCUT2D eigenvalue weighted by Gasteiger charge is 2.15. The molecule has 1 amide bonds. The topological polar surface area (TPSA) is 66.9 Å². The van der Waals surface area contributed by atoms with Gasteiger partial charge in [-0.2, -0.15) is 0 Å². The van der Waals surface area contributed by atoms with Crippen LogP contribution in [0.3, 0.4) is 0 Å². The normalized spacial score (nSPS) is 17.2. The summed E-state index contributed by atoms with van der Waals surface area (Å²) in [6.45, 7) is 2.13. The van der Waals surface area contributed by atoms with E-state index < -0.39 is 0 Å². The van der Waals surface area contributed by atoms with Crippen LogP contribution in [0.25, 0.3) is 0 Å². The van der Waals surface area contributed by atoms with Crippen molar-refractivity contribution in [1.82, 2.24) is 15.5 Å². The van der Waals surface area contributed by atoms with E-state index in [0.717, 1.165) is 25.9 Å². The monoisotopic (exact) mass is 258 g/mol. The Morgan fingerprint density at radius 1 is 1.62 bits per heavy atom. The molecule has 1 aliphatic heterocycles. The summed E-state index contributed by atoms with van der Waals surface area (Å²) < 4.78 is 0. The van der Waals surface area contributed by atoms with E-state index in [1.54, 1.807) is 17.3 Å². The van der Waals surface area contributed by atoms with Crippen molar-refractivity contribution in [3.05, 3.63) is 5.51 Å². The number of carbonyl (C=O) groups is 1. The number of anilines is 1. The molecule has 16 heavy (non-hydrogen) atoms. The van der Waals surface area contributed by atoms with Crippen LogP contribution in [0.5, 0.6) is 0 Å². The summed E-state index contributed by atoms with van der Waals surface area (Å²) in [6.07, 6.45) is 2.30. The summed E-state index contributed by atoms with van der Waals surface area (Å²) >= 11 is 3.07. The van der Waals surface area contributed by atoms with Crippen molar-refractivity contribution >= 4 is 34.1 Å². The first-order valence-electron chi connectivity index (χ1n) is 5.23. The van der Waals surface area contributed by atoms with Gasteiger partial charge in [0, 0.05) is 5.25 Å². The highest BCUT2D eigenvalue weighted by Crippen LogP contribution is 2.20. The summed E-state index contributed by atoms with van der Waals surface area (Å²) in [7, 11) is 0. The summed E-state index contributed by atoms with van der Waals surface area (Å²) in [5.41, 5.74) is 1.61. The molecule has 7 heteroatoms. The molecule has 2 heterocycles. The molecule has 0 aliphatic carbocycles. The third-order valence-electron chi connectivity index (χ3n) is 2.34. The zero-order valence-corrected chi connectivity index (χ0v) is 10.4. The molecule has 0 radical (unpaired) electrons. The number of rotatable bonds is 4. The van der Waals surface area contributed by atoms with Crippen molar-refractivity contribution in [3.8, 4) is 0 Å². The maximum Gasteiger partial charge on any atom is 0.236 e. The molecule has 2 N–H and O–H groups in total. The van der Waals surface area contributed by atoms with Crippen molar-refractivity contribution in [2.75, 3.05) is 24.2 Å². The fourth-order valence-electron chi connectivity index (χ4n) is 1.54. The highest BCUT2D eigenvalue weighted by molar-refractivity contribution is 8.00. The predicted molar refractivity (Wildman–Crippen MR) is 66.9 cm³/mol. The minimum atomic E-state index is 0.0142. The van der Waals surface area contributed by atoms with Gasteiger partial charge in [0.05, 0.1) is 5.75 Å². The molecule has 5 nitrogen and oxygen atoms in total. The lowest BCUT2D eigenvalue weighted by Gasteiger charge is -2.21. The van der Waals surface area contributed by atoms with Gasteiger partial charge >= 0.3 is 0 Å².